The second kappa shape index (κ2) is 10.2. The summed E-state index contributed by atoms with van der Waals surface area (Å²) in [5, 5.41) is 10.8. The molecule has 12 heteroatoms. The second-order valence-electron chi connectivity index (χ2n) is 8.10. The molecule has 0 saturated carbocycles. The number of anilines is 3. The van der Waals surface area contributed by atoms with Crippen molar-refractivity contribution in [3.05, 3.63) is 48.0 Å². The number of ketones is 1. The van der Waals surface area contributed by atoms with Crippen molar-refractivity contribution in [1.29, 1.82) is 0 Å². The fourth-order valence-electron chi connectivity index (χ4n) is 3.81. The number of alkyl halides is 2. The first-order valence-corrected chi connectivity index (χ1v) is 10.8. The second-order valence-corrected chi connectivity index (χ2v) is 8.10. The minimum Gasteiger partial charge on any atom is -0.435 e. The molecule has 3 aromatic rings. The van der Waals surface area contributed by atoms with E-state index in [1.54, 1.807) is 0 Å². The number of halogens is 3. The van der Waals surface area contributed by atoms with Gasteiger partial charge in [0.2, 0.25) is 5.95 Å². The predicted octanol–water partition coefficient (Wildman–Crippen LogP) is 4.23. The molecule has 2 atom stereocenters. The number of carbonyl (C=O) groups excluding carboxylic acids is 1. The zero-order valence-electron chi connectivity index (χ0n) is 19.2. The molecule has 0 bridgehead atoms. The Hall–Kier alpha value is -3.80. The number of hydrogen-bond acceptors (Lipinski definition) is 9. The van der Waals surface area contributed by atoms with E-state index >= 15 is 0 Å². The van der Waals surface area contributed by atoms with Gasteiger partial charge < -0.3 is 19.7 Å². The van der Waals surface area contributed by atoms with Crippen LogP contribution in [0.1, 0.15) is 31.3 Å². The van der Waals surface area contributed by atoms with Gasteiger partial charge in [-0.15, -0.1) is 10.2 Å². The number of morpholine rings is 1. The van der Waals surface area contributed by atoms with Crippen LogP contribution in [-0.4, -0.2) is 57.9 Å². The van der Waals surface area contributed by atoms with Crippen LogP contribution in [0.2, 0.25) is 0 Å². The van der Waals surface area contributed by atoms with Gasteiger partial charge in [-0.3, -0.25) is 4.79 Å². The molecular weight excluding hydrogens is 465 g/mol. The van der Waals surface area contributed by atoms with Crippen LogP contribution in [0.3, 0.4) is 0 Å². The molecular formula is C23H23F3N6O3. The average molecular weight is 488 g/mol. The van der Waals surface area contributed by atoms with E-state index in [9.17, 15) is 18.0 Å². The number of rotatable bonds is 7. The third kappa shape index (κ3) is 5.83. The third-order valence-electron chi connectivity index (χ3n) is 5.20. The van der Waals surface area contributed by atoms with Crippen LogP contribution in [0.25, 0.3) is 11.1 Å². The van der Waals surface area contributed by atoms with Crippen molar-refractivity contribution in [3.8, 4) is 16.9 Å². The molecule has 0 amide bonds. The highest BCUT2D eigenvalue weighted by atomic mass is 19.3. The first-order chi connectivity index (χ1) is 16.7. The van der Waals surface area contributed by atoms with Crippen molar-refractivity contribution in [1.82, 2.24) is 20.2 Å². The zero-order valence-corrected chi connectivity index (χ0v) is 19.2. The molecule has 1 aromatic carbocycles. The number of Topliss-reactive ketones (excluding diaryl/α,β-unsaturated/α-hetero) is 1. The monoisotopic (exact) mass is 488 g/mol. The van der Waals surface area contributed by atoms with Crippen LogP contribution in [0.15, 0.2) is 36.5 Å². The van der Waals surface area contributed by atoms with Crippen LogP contribution in [0, 0.1) is 5.82 Å². The van der Waals surface area contributed by atoms with Gasteiger partial charge in [-0.2, -0.15) is 13.8 Å². The molecule has 4 rings (SSSR count). The maximum Gasteiger partial charge on any atom is 0.387 e. The summed E-state index contributed by atoms with van der Waals surface area (Å²) in [5.41, 5.74) is 0.956. The minimum absolute atomic E-state index is 0.0316. The maximum atomic E-state index is 14.5. The molecule has 2 aromatic heterocycles. The van der Waals surface area contributed by atoms with Crippen molar-refractivity contribution in [2.75, 3.05) is 23.3 Å². The van der Waals surface area contributed by atoms with E-state index in [0.717, 1.165) is 6.20 Å². The highest BCUT2D eigenvalue weighted by molar-refractivity contribution is 5.99. The number of hydrogen-bond donors (Lipinski definition) is 1. The van der Waals surface area contributed by atoms with Crippen LogP contribution in [0.5, 0.6) is 5.75 Å². The first-order valence-electron chi connectivity index (χ1n) is 10.8. The van der Waals surface area contributed by atoms with Gasteiger partial charge in [0.05, 0.1) is 18.4 Å². The topological polar surface area (TPSA) is 102 Å². The Morgan fingerprint density at radius 1 is 1.17 bits per heavy atom. The minimum atomic E-state index is -2.96. The maximum absolute atomic E-state index is 14.5. The molecule has 1 aliphatic heterocycles. The van der Waals surface area contributed by atoms with Crippen molar-refractivity contribution in [3.63, 3.8) is 0 Å². The molecule has 1 N–H and O–H groups in total. The number of carbonyl (C=O) groups is 1. The summed E-state index contributed by atoms with van der Waals surface area (Å²) in [7, 11) is 0. The van der Waals surface area contributed by atoms with Gasteiger partial charge in [-0.25, -0.2) is 9.37 Å². The Morgan fingerprint density at radius 3 is 2.49 bits per heavy atom. The Balaban J connectivity index is 1.63. The lowest BCUT2D eigenvalue weighted by atomic mass is 10.0. The molecule has 0 radical (unpaired) electrons. The molecule has 35 heavy (non-hydrogen) atoms. The highest BCUT2D eigenvalue weighted by Crippen LogP contribution is 2.29. The Bertz CT molecular complexity index is 1200. The number of nitrogens with zero attached hydrogens (tertiary/aromatic N) is 5. The summed E-state index contributed by atoms with van der Waals surface area (Å²) < 4.78 is 49.5. The van der Waals surface area contributed by atoms with E-state index in [0.29, 0.717) is 30.2 Å². The number of ether oxygens (including phenoxy) is 2. The molecule has 1 fully saturated rings. The summed E-state index contributed by atoms with van der Waals surface area (Å²) in [6.45, 7) is 3.35. The van der Waals surface area contributed by atoms with Crippen molar-refractivity contribution in [2.24, 2.45) is 0 Å². The molecule has 9 nitrogen and oxygen atoms in total. The van der Waals surface area contributed by atoms with Gasteiger partial charge in [-0.05, 0) is 37.6 Å². The lowest BCUT2D eigenvalue weighted by molar-refractivity contribution is -0.0498. The number of nitrogens with one attached hydrogen (secondary N) is 1. The van der Waals surface area contributed by atoms with Crippen LogP contribution in [0.4, 0.5) is 30.8 Å². The average Bonchev–Trinajstić information content (AvgIpc) is 2.80. The normalized spacial score (nSPS) is 18.0. The summed E-state index contributed by atoms with van der Waals surface area (Å²) in [6, 6.07) is 7.22. The molecule has 1 saturated heterocycles. The lowest BCUT2D eigenvalue weighted by Crippen LogP contribution is -2.46. The van der Waals surface area contributed by atoms with Gasteiger partial charge in [0, 0.05) is 25.6 Å². The summed E-state index contributed by atoms with van der Waals surface area (Å²) in [6.07, 6.45) is 0.998. The Morgan fingerprint density at radius 2 is 1.86 bits per heavy atom. The van der Waals surface area contributed by atoms with Crippen molar-refractivity contribution < 1.29 is 27.4 Å². The van der Waals surface area contributed by atoms with Crippen molar-refractivity contribution in [2.45, 2.75) is 39.6 Å². The summed E-state index contributed by atoms with van der Waals surface area (Å²) in [4.78, 5) is 22.4. The Kier molecular flexibility index (Phi) is 7.10. The molecule has 184 valence electrons. The van der Waals surface area contributed by atoms with E-state index in [-0.39, 0.29) is 41.1 Å². The van der Waals surface area contributed by atoms with Gasteiger partial charge >= 0.3 is 6.61 Å². The van der Waals surface area contributed by atoms with E-state index < -0.39 is 12.4 Å². The van der Waals surface area contributed by atoms with Crippen LogP contribution >= 0.6 is 0 Å². The quantitative estimate of drug-likeness (QED) is 0.490. The van der Waals surface area contributed by atoms with Crippen molar-refractivity contribution >= 4 is 23.4 Å². The largest absolute Gasteiger partial charge is 0.435 e. The number of aromatic nitrogens is 4. The smallest absolute Gasteiger partial charge is 0.387 e. The lowest BCUT2D eigenvalue weighted by Gasteiger charge is -2.35. The summed E-state index contributed by atoms with van der Waals surface area (Å²) in [5.74, 6) is -0.730. The van der Waals surface area contributed by atoms with Gasteiger partial charge in [-0.1, -0.05) is 12.1 Å². The molecule has 0 aliphatic carbocycles. The van der Waals surface area contributed by atoms with E-state index in [1.807, 2.05) is 18.7 Å². The Labute approximate surface area is 199 Å². The molecule has 2 unspecified atom stereocenters. The predicted molar refractivity (Wildman–Crippen MR) is 122 cm³/mol. The fourth-order valence-corrected chi connectivity index (χ4v) is 3.81. The number of benzene rings is 1. The zero-order chi connectivity index (χ0) is 25.1. The first kappa shape index (κ1) is 24.3. The van der Waals surface area contributed by atoms with Gasteiger partial charge in [0.25, 0.3) is 0 Å². The summed E-state index contributed by atoms with van der Waals surface area (Å²) >= 11 is 0. The van der Waals surface area contributed by atoms with E-state index in [4.69, 9.17) is 4.74 Å². The fraction of sp³-hybridized carbons (Fsp3) is 0.348. The third-order valence-corrected chi connectivity index (χ3v) is 5.20. The van der Waals surface area contributed by atoms with Gasteiger partial charge in [0.15, 0.2) is 23.2 Å². The van der Waals surface area contributed by atoms with Crippen LogP contribution < -0.4 is 15.0 Å². The highest BCUT2D eigenvalue weighted by Gasteiger charge is 2.25. The van der Waals surface area contributed by atoms with Gasteiger partial charge in [0.1, 0.15) is 11.4 Å². The van der Waals surface area contributed by atoms with Crippen LogP contribution in [-0.2, 0) is 4.74 Å². The SMILES string of the molecule is CC(=O)c1nnc(Nc2nc(N3CC(C)OC(C)C3)ncc2F)cc1-c1ccc(OC(F)F)cc1. The molecule has 1 aliphatic rings. The van der Waals surface area contributed by atoms with E-state index in [2.05, 4.69) is 30.2 Å². The molecule has 0 spiro atoms. The van der Waals surface area contributed by atoms with E-state index in [1.165, 1.54) is 37.3 Å². The standard InChI is InChI=1S/C23H23F3N6O3/c1-12-10-32(11-13(2)34-12)23-27-9-18(24)21(29-23)28-19-8-17(20(14(3)33)31-30-19)15-4-6-16(7-5-15)35-22(25)26/h4-9,12-13,22H,10-11H2,1-3H3,(H,27,28,29,30). The molecule has 3 heterocycles.